The third kappa shape index (κ3) is 2.56. The number of hydrogen-bond acceptors (Lipinski definition) is 4. The standard InChI is InChI=1S/C16H13Cl2N3S/c1-8-12(9-2-4-10(17)5-3-9)13-14(19-11-6-7-11)20-16(18)21-15(13)22-8/h2-5,11H,6-7H2,1H3,(H,19,20,21). The van der Waals surface area contributed by atoms with Crippen molar-refractivity contribution in [3.63, 3.8) is 0 Å². The number of aryl methyl sites for hydroxylation is 1. The summed E-state index contributed by atoms with van der Waals surface area (Å²) in [5.41, 5.74) is 2.29. The highest BCUT2D eigenvalue weighted by molar-refractivity contribution is 7.19. The van der Waals surface area contributed by atoms with E-state index in [9.17, 15) is 0 Å². The molecular weight excluding hydrogens is 337 g/mol. The highest BCUT2D eigenvalue weighted by Gasteiger charge is 2.25. The second kappa shape index (κ2) is 5.37. The molecule has 2 aromatic heterocycles. The zero-order valence-electron chi connectivity index (χ0n) is 11.9. The van der Waals surface area contributed by atoms with Crippen LogP contribution < -0.4 is 5.32 Å². The number of thiophene rings is 1. The Morgan fingerprint density at radius 2 is 1.86 bits per heavy atom. The second-order valence-corrected chi connectivity index (χ2v) is 7.46. The van der Waals surface area contributed by atoms with Crippen LogP contribution in [0.4, 0.5) is 5.82 Å². The predicted octanol–water partition coefficient (Wildman–Crippen LogP) is 5.55. The zero-order valence-corrected chi connectivity index (χ0v) is 14.2. The Morgan fingerprint density at radius 1 is 1.14 bits per heavy atom. The normalized spacial score (nSPS) is 14.5. The largest absolute Gasteiger partial charge is 0.367 e. The molecule has 22 heavy (non-hydrogen) atoms. The van der Waals surface area contributed by atoms with Crippen LogP contribution in [0, 0.1) is 6.92 Å². The summed E-state index contributed by atoms with van der Waals surface area (Å²) in [5, 5.41) is 5.56. The van der Waals surface area contributed by atoms with Crippen LogP contribution in [-0.4, -0.2) is 16.0 Å². The molecule has 1 fully saturated rings. The number of hydrogen-bond donors (Lipinski definition) is 1. The van der Waals surface area contributed by atoms with E-state index in [0.29, 0.717) is 11.3 Å². The fourth-order valence-corrected chi connectivity index (χ4v) is 3.97. The lowest BCUT2D eigenvalue weighted by atomic mass is 10.0. The van der Waals surface area contributed by atoms with Crippen molar-refractivity contribution in [1.29, 1.82) is 0 Å². The molecular formula is C16H13Cl2N3S. The molecule has 0 unspecified atom stereocenters. The van der Waals surface area contributed by atoms with Crippen molar-refractivity contribution in [1.82, 2.24) is 9.97 Å². The van der Waals surface area contributed by atoms with Crippen LogP contribution in [0.2, 0.25) is 10.3 Å². The van der Waals surface area contributed by atoms with Gasteiger partial charge in [0.15, 0.2) is 0 Å². The number of benzene rings is 1. The first-order valence-corrected chi connectivity index (χ1v) is 8.68. The first kappa shape index (κ1) is 14.2. The molecule has 3 aromatic rings. The number of anilines is 1. The maximum atomic E-state index is 6.08. The van der Waals surface area contributed by atoms with Crippen LogP contribution in [0.5, 0.6) is 0 Å². The highest BCUT2D eigenvalue weighted by Crippen LogP contribution is 2.42. The van der Waals surface area contributed by atoms with E-state index in [2.05, 4.69) is 22.2 Å². The molecule has 0 amide bonds. The molecule has 2 heterocycles. The number of nitrogens with one attached hydrogen (secondary N) is 1. The van der Waals surface area contributed by atoms with Gasteiger partial charge in [0.25, 0.3) is 0 Å². The molecule has 3 nitrogen and oxygen atoms in total. The van der Waals surface area contributed by atoms with E-state index in [4.69, 9.17) is 23.2 Å². The minimum absolute atomic E-state index is 0.291. The average Bonchev–Trinajstić information content (AvgIpc) is 3.21. The maximum absolute atomic E-state index is 6.08. The van der Waals surface area contributed by atoms with Gasteiger partial charge >= 0.3 is 0 Å². The molecule has 0 bridgehead atoms. The van der Waals surface area contributed by atoms with Gasteiger partial charge in [0.05, 0.1) is 5.39 Å². The van der Waals surface area contributed by atoms with Crippen LogP contribution in [0.1, 0.15) is 17.7 Å². The third-order valence-corrected chi connectivity index (χ3v) is 5.17. The van der Waals surface area contributed by atoms with Crippen LogP contribution in [0.25, 0.3) is 21.3 Å². The summed E-state index contributed by atoms with van der Waals surface area (Å²) in [6, 6.07) is 8.39. The summed E-state index contributed by atoms with van der Waals surface area (Å²) >= 11 is 13.7. The first-order valence-electron chi connectivity index (χ1n) is 7.11. The minimum Gasteiger partial charge on any atom is -0.367 e. The van der Waals surface area contributed by atoms with Crippen molar-refractivity contribution in [2.75, 3.05) is 5.32 Å². The Morgan fingerprint density at radius 3 is 2.55 bits per heavy atom. The number of aromatic nitrogens is 2. The van der Waals surface area contributed by atoms with Crippen LogP contribution in [-0.2, 0) is 0 Å². The lowest BCUT2D eigenvalue weighted by Crippen LogP contribution is -2.04. The molecule has 6 heteroatoms. The van der Waals surface area contributed by atoms with E-state index >= 15 is 0 Å². The quantitative estimate of drug-likeness (QED) is 0.630. The van der Waals surface area contributed by atoms with Gasteiger partial charge in [-0.2, -0.15) is 0 Å². The van der Waals surface area contributed by atoms with Gasteiger partial charge in [-0.25, -0.2) is 9.97 Å². The van der Waals surface area contributed by atoms with Crippen LogP contribution in [0.15, 0.2) is 24.3 Å². The smallest absolute Gasteiger partial charge is 0.225 e. The van der Waals surface area contributed by atoms with Crippen LogP contribution >= 0.6 is 34.5 Å². The SMILES string of the molecule is Cc1sc2nc(Cl)nc(NC3CC3)c2c1-c1ccc(Cl)cc1. The topological polar surface area (TPSA) is 37.8 Å². The number of halogens is 2. The second-order valence-electron chi connectivity index (χ2n) is 5.48. The average molecular weight is 350 g/mol. The molecule has 0 atom stereocenters. The van der Waals surface area contributed by atoms with Gasteiger partial charge in [-0.1, -0.05) is 23.7 Å². The summed E-state index contributed by atoms with van der Waals surface area (Å²) in [6.07, 6.45) is 2.37. The fraction of sp³-hybridized carbons (Fsp3) is 0.250. The Labute approximate surface area is 142 Å². The van der Waals surface area contributed by atoms with Crippen LogP contribution in [0.3, 0.4) is 0 Å². The summed E-state index contributed by atoms with van der Waals surface area (Å²) in [4.78, 5) is 10.9. The molecule has 1 aliphatic carbocycles. The van der Waals surface area contributed by atoms with Gasteiger partial charge < -0.3 is 5.32 Å². The summed E-state index contributed by atoms with van der Waals surface area (Å²) in [5.74, 6) is 0.840. The molecule has 1 saturated carbocycles. The van der Waals surface area contributed by atoms with Crippen molar-refractivity contribution in [3.05, 3.63) is 39.4 Å². The van der Waals surface area contributed by atoms with Crippen molar-refractivity contribution in [2.45, 2.75) is 25.8 Å². The highest BCUT2D eigenvalue weighted by atomic mass is 35.5. The molecule has 112 valence electrons. The van der Waals surface area contributed by atoms with E-state index in [-0.39, 0.29) is 0 Å². The molecule has 1 N–H and O–H groups in total. The van der Waals surface area contributed by atoms with Gasteiger partial charge in [-0.05, 0) is 49.1 Å². The maximum Gasteiger partial charge on any atom is 0.225 e. The summed E-state index contributed by atoms with van der Waals surface area (Å²) < 4.78 is 0. The molecule has 1 aromatic carbocycles. The number of fused-ring (bicyclic) bond motifs is 1. The van der Waals surface area contributed by atoms with E-state index < -0.39 is 0 Å². The molecule has 4 rings (SSSR count). The summed E-state index contributed by atoms with van der Waals surface area (Å²) in [7, 11) is 0. The van der Waals surface area contributed by atoms with Gasteiger partial charge in [0, 0.05) is 21.5 Å². The first-order chi connectivity index (χ1) is 10.6. The van der Waals surface area contributed by atoms with Crippen molar-refractivity contribution >= 4 is 50.6 Å². The van der Waals surface area contributed by atoms with E-state index in [1.54, 1.807) is 11.3 Å². The Hall–Kier alpha value is -1.36. The Balaban J connectivity index is 1.96. The van der Waals surface area contributed by atoms with E-state index in [0.717, 1.165) is 32.2 Å². The monoisotopic (exact) mass is 349 g/mol. The fourth-order valence-electron chi connectivity index (χ4n) is 2.58. The van der Waals surface area contributed by atoms with Crippen molar-refractivity contribution in [3.8, 4) is 11.1 Å². The molecule has 0 spiro atoms. The Kier molecular flexibility index (Phi) is 3.48. The van der Waals surface area contributed by atoms with Gasteiger partial charge in [-0.3, -0.25) is 0 Å². The number of nitrogens with zero attached hydrogens (tertiary/aromatic N) is 2. The van der Waals surface area contributed by atoms with Gasteiger partial charge in [-0.15, -0.1) is 11.3 Å². The lowest BCUT2D eigenvalue weighted by molar-refractivity contribution is 1.11. The molecule has 0 saturated heterocycles. The van der Waals surface area contributed by atoms with Gasteiger partial charge in [0.2, 0.25) is 5.28 Å². The van der Waals surface area contributed by atoms with E-state index in [1.165, 1.54) is 17.7 Å². The molecule has 0 radical (unpaired) electrons. The van der Waals surface area contributed by atoms with E-state index in [1.807, 2.05) is 24.3 Å². The van der Waals surface area contributed by atoms with Crippen molar-refractivity contribution in [2.24, 2.45) is 0 Å². The third-order valence-electron chi connectivity index (χ3n) is 3.75. The molecule has 1 aliphatic rings. The summed E-state index contributed by atoms with van der Waals surface area (Å²) in [6.45, 7) is 2.10. The lowest BCUT2D eigenvalue weighted by Gasteiger charge is -2.08. The minimum atomic E-state index is 0.291. The predicted molar refractivity (Wildman–Crippen MR) is 94.3 cm³/mol. The zero-order chi connectivity index (χ0) is 15.3. The Bertz CT molecular complexity index is 854. The number of rotatable bonds is 3. The van der Waals surface area contributed by atoms with Gasteiger partial charge in [0.1, 0.15) is 10.6 Å². The van der Waals surface area contributed by atoms with Crippen molar-refractivity contribution < 1.29 is 0 Å². The molecule has 0 aliphatic heterocycles.